The summed E-state index contributed by atoms with van der Waals surface area (Å²) in [5, 5.41) is 12.5. The third-order valence-electron chi connectivity index (χ3n) is 7.56. The summed E-state index contributed by atoms with van der Waals surface area (Å²) in [4.78, 5) is 44.5. The molecule has 0 aliphatic heterocycles. The second-order valence-corrected chi connectivity index (χ2v) is 12.2. The lowest BCUT2D eigenvalue weighted by Crippen LogP contribution is -2.48. The average Bonchev–Trinajstić information content (AvgIpc) is 3.37. The van der Waals surface area contributed by atoms with Gasteiger partial charge < -0.3 is 24.2 Å². The fraction of sp³-hybridized carbons (Fsp3) is 0.515. The van der Waals surface area contributed by atoms with Gasteiger partial charge in [0.1, 0.15) is 11.4 Å². The quantitative estimate of drug-likeness (QED) is 0.419. The third-order valence-corrected chi connectivity index (χ3v) is 7.56. The van der Waals surface area contributed by atoms with E-state index in [1.54, 1.807) is 47.1 Å². The van der Waals surface area contributed by atoms with E-state index in [0.717, 1.165) is 24.2 Å². The Kier molecular flexibility index (Phi) is 11.2. The number of amides is 3. The van der Waals surface area contributed by atoms with Gasteiger partial charge in [-0.3, -0.25) is 14.9 Å². The molecule has 0 aromatic heterocycles. The summed E-state index contributed by atoms with van der Waals surface area (Å²) in [5.41, 5.74) is 3.55. The fourth-order valence-corrected chi connectivity index (χ4v) is 5.11. The molecule has 1 aliphatic carbocycles. The molecule has 1 unspecified atom stereocenters. The van der Waals surface area contributed by atoms with Crippen molar-refractivity contribution in [1.82, 2.24) is 15.1 Å². The minimum absolute atomic E-state index is 0.000505. The maximum atomic E-state index is 13.6. The number of nitriles is 1. The van der Waals surface area contributed by atoms with Crippen molar-refractivity contribution in [3.8, 4) is 11.8 Å². The van der Waals surface area contributed by atoms with Crippen LogP contribution in [0.1, 0.15) is 56.9 Å². The van der Waals surface area contributed by atoms with Crippen molar-refractivity contribution < 1.29 is 23.9 Å². The van der Waals surface area contributed by atoms with Gasteiger partial charge in [-0.1, -0.05) is 12.1 Å². The molecular weight excluding hydrogens is 546 g/mol. The third kappa shape index (κ3) is 8.94. The Morgan fingerprint density at radius 3 is 2.33 bits per heavy atom. The van der Waals surface area contributed by atoms with Gasteiger partial charge in [0.05, 0.1) is 31.8 Å². The minimum Gasteiger partial charge on any atom is -0.497 e. The molecule has 0 bridgehead atoms. The zero-order valence-corrected chi connectivity index (χ0v) is 26.7. The zero-order valence-electron chi connectivity index (χ0n) is 26.7. The molecule has 43 heavy (non-hydrogen) atoms. The Bertz CT molecular complexity index is 1360. The number of carbonyl (C=O) groups is 3. The average molecular weight is 592 g/mol. The van der Waals surface area contributed by atoms with E-state index in [-0.39, 0.29) is 50.1 Å². The first-order valence-corrected chi connectivity index (χ1v) is 14.7. The van der Waals surface area contributed by atoms with Gasteiger partial charge in [0.15, 0.2) is 0 Å². The lowest BCUT2D eigenvalue weighted by Gasteiger charge is -2.33. The molecule has 3 rings (SSSR count). The van der Waals surface area contributed by atoms with Crippen LogP contribution in [0.25, 0.3) is 0 Å². The highest BCUT2D eigenvalue weighted by Crippen LogP contribution is 2.28. The molecule has 3 amide bonds. The monoisotopic (exact) mass is 591 g/mol. The second-order valence-electron chi connectivity index (χ2n) is 12.2. The van der Waals surface area contributed by atoms with Gasteiger partial charge in [0.25, 0.3) is 0 Å². The number of ether oxygens (including phenoxy) is 2. The van der Waals surface area contributed by atoms with Crippen molar-refractivity contribution >= 4 is 23.6 Å². The number of aryl methyl sites for hydroxylation is 1. The van der Waals surface area contributed by atoms with Gasteiger partial charge in [-0.15, -0.1) is 0 Å². The topological polar surface area (TPSA) is 115 Å². The van der Waals surface area contributed by atoms with E-state index in [1.807, 2.05) is 59.7 Å². The predicted molar refractivity (Wildman–Crippen MR) is 166 cm³/mol. The van der Waals surface area contributed by atoms with Gasteiger partial charge in [-0.05, 0) is 95.3 Å². The van der Waals surface area contributed by atoms with Crippen LogP contribution in [-0.2, 0) is 27.2 Å². The first-order chi connectivity index (χ1) is 20.2. The highest BCUT2D eigenvalue weighted by molar-refractivity contribution is 5.96. The van der Waals surface area contributed by atoms with Crippen molar-refractivity contribution in [2.45, 2.75) is 72.1 Å². The molecule has 2 aromatic carbocycles. The molecule has 0 heterocycles. The number of hydrogen-bond donors (Lipinski definition) is 1. The van der Waals surface area contributed by atoms with Crippen molar-refractivity contribution in [2.75, 3.05) is 45.2 Å². The molecule has 1 aliphatic rings. The number of likely N-dealkylation sites (N-methyl/N-ethyl adjacent to an activating group) is 1. The van der Waals surface area contributed by atoms with Crippen molar-refractivity contribution in [3.63, 3.8) is 0 Å². The Morgan fingerprint density at radius 1 is 1.02 bits per heavy atom. The largest absolute Gasteiger partial charge is 0.497 e. The minimum atomic E-state index is -0.658. The van der Waals surface area contributed by atoms with E-state index in [0.29, 0.717) is 11.3 Å². The Balaban J connectivity index is 1.67. The van der Waals surface area contributed by atoms with Crippen LogP contribution in [0.5, 0.6) is 5.75 Å². The van der Waals surface area contributed by atoms with Crippen molar-refractivity contribution in [1.29, 1.82) is 5.26 Å². The number of fused-ring (bicyclic) bond motifs is 1. The van der Waals surface area contributed by atoms with Crippen LogP contribution in [0.3, 0.4) is 0 Å². The number of hydrogen-bond acceptors (Lipinski definition) is 7. The number of anilines is 1. The van der Waals surface area contributed by atoms with Crippen LogP contribution < -0.4 is 15.0 Å². The number of nitrogens with zero attached hydrogens (tertiary/aromatic N) is 4. The van der Waals surface area contributed by atoms with E-state index >= 15 is 0 Å². The standard InChI is InChI=1S/C33H45N5O5/c1-22(2)37(32(41)43-33(4,5)6)13-14-38(29-15-24(19-34)10-9-23(29)3)31(40)21-35-20-30(39)36(7)27-16-25-11-12-28(42-8)18-26(25)17-27/h9-12,15,18,22,27,35H,13-14,16-17,20-21H2,1-8H3. The number of methoxy groups -OCH3 is 1. The number of benzene rings is 2. The zero-order chi connectivity index (χ0) is 31.9. The Hall–Kier alpha value is -4.10. The van der Waals surface area contributed by atoms with Gasteiger partial charge in [-0.25, -0.2) is 4.79 Å². The summed E-state index contributed by atoms with van der Waals surface area (Å²) < 4.78 is 10.9. The number of rotatable bonds is 11. The normalized spacial score (nSPS) is 14.1. The fourth-order valence-electron chi connectivity index (χ4n) is 5.11. The lowest BCUT2D eigenvalue weighted by atomic mass is 10.1. The molecule has 0 radical (unpaired) electrons. The molecule has 1 N–H and O–H groups in total. The molecule has 0 saturated heterocycles. The van der Waals surface area contributed by atoms with E-state index in [9.17, 15) is 19.6 Å². The molecule has 232 valence electrons. The Labute approximate surface area is 255 Å². The predicted octanol–water partition coefficient (Wildman–Crippen LogP) is 4.07. The lowest BCUT2D eigenvalue weighted by molar-refractivity contribution is -0.130. The highest BCUT2D eigenvalue weighted by atomic mass is 16.6. The molecular formula is C33H45N5O5. The summed E-state index contributed by atoms with van der Waals surface area (Å²) in [6.45, 7) is 11.4. The van der Waals surface area contributed by atoms with Crippen LogP contribution in [0.4, 0.5) is 10.5 Å². The van der Waals surface area contributed by atoms with Crippen molar-refractivity contribution in [3.05, 3.63) is 58.7 Å². The summed E-state index contributed by atoms with van der Waals surface area (Å²) in [7, 11) is 3.43. The highest BCUT2D eigenvalue weighted by Gasteiger charge is 2.29. The van der Waals surface area contributed by atoms with Crippen LogP contribution in [0.2, 0.25) is 0 Å². The van der Waals surface area contributed by atoms with Gasteiger partial charge in [-0.2, -0.15) is 5.26 Å². The smallest absolute Gasteiger partial charge is 0.410 e. The molecule has 1 atom stereocenters. The first kappa shape index (κ1) is 33.4. The van der Waals surface area contributed by atoms with E-state index in [2.05, 4.69) is 11.4 Å². The van der Waals surface area contributed by atoms with Crippen LogP contribution in [0, 0.1) is 18.3 Å². The van der Waals surface area contributed by atoms with Gasteiger partial charge in [0, 0.05) is 37.9 Å². The van der Waals surface area contributed by atoms with Crippen molar-refractivity contribution in [2.24, 2.45) is 0 Å². The molecule has 0 spiro atoms. The van der Waals surface area contributed by atoms with E-state index < -0.39 is 11.7 Å². The first-order valence-electron chi connectivity index (χ1n) is 14.7. The van der Waals surface area contributed by atoms with Crippen LogP contribution >= 0.6 is 0 Å². The summed E-state index contributed by atoms with van der Waals surface area (Å²) in [6, 6.07) is 13.2. The van der Waals surface area contributed by atoms with E-state index in [4.69, 9.17) is 9.47 Å². The molecule has 10 heteroatoms. The maximum Gasteiger partial charge on any atom is 0.410 e. The summed E-state index contributed by atoms with van der Waals surface area (Å²) >= 11 is 0. The molecule has 0 saturated carbocycles. The summed E-state index contributed by atoms with van der Waals surface area (Å²) in [6.07, 6.45) is 1.06. The van der Waals surface area contributed by atoms with Gasteiger partial charge in [0.2, 0.25) is 11.8 Å². The maximum absolute atomic E-state index is 13.6. The second kappa shape index (κ2) is 14.4. The van der Waals surface area contributed by atoms with E-state index in [1.165, 1.54) is 11.1 Å². The molecule has 10 nitrogen and oxygen atoms in total. The number of nitrogens with one attached hydrogen (secondary N) is 1. The number of carbonyl (C=O) groups excluding carboxylic acids is 3. The Morgan fingerprint density at radius 2 is 1.70 bits per heavy atom. The molecule has 0 fully saturated rings. The molecule has 2 aromatic rings. The van der Waals surface area contributed by atoms with Crippen LogP contribution in [-0.4, -0.2) is 85.7 Å². The SMILES string of the molecule is COc1ccc2c(c1)CC(N(C)C(=O)CNCC(=O)N(CCN(C(=O)OC(C)(C)C)C(C)C)c1cc(C#N)ccc1C)C2. The summed E-state index contributed by atoms with van der Waals surface area (Å²) in [5.74, 6) is 0.417. The van der Waals surface area contributed by atoms with Crippen LogP contribution in [0.15, 0.2) is 36.4 Å². The van der Waals surface area contributed by atoms with Gasteiger partial charge >= 0.3 is 6.09 Å².